The smallest absolute Gasteiger partial charge is 0.119 e. The minimum absolute atomic E-state index is 0.00799. The van der Waals surface area contributed by atoms with Crippen LogP contribution in [0.25, 0.3) is 0 Å². The molecule has 1 saturated heterocycles. The van der Waals surface area contributed by atoms with E-state index in [4.69, 9.17) is 9.47 Å². The van der Waals surface area contributed by atoms with Crippen LogP contribution in [-0.4, -0.2) is 49.5 Å². The summed E-state index contributed by atoms with van der Waals surface area (Å²) in [6, 6.07) is 18.6. The molecule has 0 unspecified atom stereocenters. The standard InChI is InChI=1S/C27H39NO3/c1-3-5-6-10-17-27(29,24-13-15-25(16-14-24)31-4-2)26(23-11-8-7-9-12-23)22-28-18-20-30-21-19-28/h7-9,11-16,26,29H,3-6,10,17-22H2,1-2H3/t26-,27-/m1/s1. The maximum atomic E-state index is 12.3. The Bertz CT molecular complexity index is 743. The summed E-state index contributed by atoms with van der Waals surface area (Å²) in [7, 11) is 0. The lowest BCUT2D eigenvalue weighted by molar-refractivity contribution is -0.0296. The van der Waals surface area contributed by atoms with Crippen LogP contribution in [0.15, 0.2) is 54.6 Å². The Hall–Kier alpha value is -1.88. The number of ether oxygens (including phenoxy) is 2. The molecule has 0 aromatic heterocycles. The van der Waals surface area contributed by atoms with E-state index in [9.17, 15) is 5.11 Å². The molecule has 1 fully saturated rings. The molecule has 0 radical (unpaired) electrons. The van der Waals surface area contributed by atoms with Crippen molar-refractivity contribution in [2.75, 3.05) is 39.5 Å². The number of benzene rings is 2. The average molecular weight is 426 g/mol. The molecule has 1 aliphatic heterocycles. The van der Waals surface area contributed by atoms with E-state index in [1.807, 2.05) is 25.1 Å². The molecule has 0 bridgehead atoms. The fourth-order valence-electron chi connectivity index (χ4n) is 4.61. The number of unbranched alkanes of at least 4 members (excludes halogenated alkanes) is 3. The van der Waals surface area contributed by atoms with Crippen molar-refractivity contribution in [3.05, 3.63) is 65.7 Å². The third kappa shape index (κ3) is 6.55. The minimum Gasteiger partial charge on any atom is -0.494 e. The molecule has 1 N–H and O–H groups in total. The van der Waals surface area contributed by atoms with Crippen molar-refractivity contribution in [1.29, 1.82) is 0 Å². The van der Waals surface area contributed by atoms with E-state index in [-0.39, 0.29) is 5.92 Å². The number of aliphatic hydroxyl groups is 1. The van der Waals surface area contributed by atoms with Crippen LogP contribution in [0.3, 0.4) is 0 Å². The zero-order chi connectivity index (χ0) is 21.9. The third-order valence-corrected chi connectivity index (χ3v) is 6.40. The van der Waals surface area contributed by atoms with Gasteiger partial charge in [0.1, 0.15) is 5.75 Å². The molecular weight excluding hydrogens is 386 g/mol. The summed E-state index contributed by atoms with van der Waals surface area (Å²) in [6.45, 7) is 9.04. The molecule has 1 heterocycles. The number of hydrogen-bond acceptors (Lipinski definition) is 4. The quantitative estimate of drug-likeness (QED) is 0.465. The van der Waals surface area contributed by atoms with Crippen molar-refractivity contribution < 1.29 is 14.6 Å². The Morgan fingerprint density at radius 2 is 1.68 bits per heavy atom. The molecule has 3 rings (SSSR count). The number of hydrogen-bond donors (Lipinski definition) is 1. The Morgan fingerprint density at radius 1 is 0.968 bits per heavy atom. The lowest BCUT2D eigenvalue weighted by atomic mass is 9.74. The first kappa shape index (κ1) is 23.8. The number of nitrogens with zero attached hydrogens (tertiary/aromatic N) is 1. The molecule has 0 spiro atoms. The molecule has 170 valence electrons. The van der Waals surface area contributed by atoms with E-state index in [2.05, 4.69) is 48.2 Å². The minimum atomic E-state index is -0.932. The van der Waals surface area contributed by atoms with E-state index < -0.39 is 5.60 Å². The second kappa shape index (κ2) is 12.2. The summed E-state index contributed by atoms with van der Waals surface area (Å²) in [5, 5.41) is 12.3. The molecule has 2 atom stereocenters. The van der Waals surface area contributed by atoms with Gasteiger partial charge in [0.25, 0.3) is 0 Å². The van der Waals surface area contributed by atoms with Gasteiger partial charge in [-0.05, 0) is 36.6 Å². The van der Waals surface area contributed by atoms with Gasteiger partial charge in [-0.3, -0.25) is 4.90 Å². The normalized spacial score (nSPS) is 17.8. The Labute approximate surface area is 188 Å². The van der Waals surface area contributed by atoms with Gasteiger partial charge in [0.05, 0.1) is 25.4 Å². The summed E-state index contributed by atoms with van der Waals surface area (Å²) in [5.41, 5.74) is 1.24. The number of rotatable bonds is 12. The lowest BCUT2D eigenvalue weighted by Crippen LogP contribution is -2.45. The molecule has 0 saturated carbocycles. The molecule has 0 amide bonds. The predicted octanol–water partition coefficient (Wildman–Crippen LogP) is 5.36. The van der Waals surface area contributed by atoms with E-state index >= 15 is 0 Å². The van der Waals surface area contributed by atoms with Crippen LogP contribution in [0, 0.1) is 0 Å². The predicted molar refractivity (Wildman–Crippen MR) is 127 cm³/mol. The van der Waals surface area contributed by atoms with E-state index in [1.54, 1.807) is 0 Å². The summed E-state index contributed by atoms with van der Waals surface area (Å²) in [5.74, 6) is 0.843. The molecule has 2 aromatic carbocycles. The van der Waals surface area contributed by atoms with Gasteiger partial charge in [0.2, 0.25) is 0 Å². The van der Waals surface area contributed by atoms with Gasteiger partial charge in [-0.1, -0.05) is 75.1 Å². The molecule has 1 aliphatic rings. The molecule has 0 aliphatic carbocycles. The van der Waals surface area contributed by atoms with Crippen LogP contribution < -0.4 is 4.74 Å². The van der Waals surface area contributed by atoms with Crippen LogP contribution in [0.4, 0.5) is 0 Å². The molecular formula is C27H39NO3. The zero-order valence-corrected chi connectivity index (χ0v) is 19.3. The molecule has 31 heavy (non-hydrogen) atoms. The molecule has 2 aromatic rings. The Kier molecular flexibility index (Phi) is 9.38. The second-order valence-corrected chi connectivity index (χ2v) is 8.57. The first-order valence-corrected chi connectivity index (χ1v) is 12.0. The maximum Gasteiger partial charge on any atom is 0.119 e. The Balaban J connectivity index is 1.94. The molecule has 4 nitrogen and oxygen atoms in total. The van der Waals surface area contributed by atoms with Gasteiger partial charge in [-0.25, -0.2) is 0 Å². The van der Waals surface area contributed by atoms with Crippen molar-refractivity contribution in [1.82, 2.24) is 4.90 Å². The van der Waals surface area contributed by atoms with Crippen LogP contribution in [0.2, 0.25) is 0 Å². The topological polar surface area (TPSA) is 41.9 Å². The highest BCUT2D eigenvalue weighted by Gasteiger charge is 2.40. The Morgan fingerprint density at radius 3 is 2.32 bits per heavy atom. The van der Waals surface area contributed by atoms with Gasteiger partial charge in [-0.2, -0.15) is 0 Å². The van der Waals surface area contributed by atoms with E-state index in [0.29, 0.717) is 6.61 Å². The first-order valence-electron chi connectivity index (χ1n) is 12.0. The average Bonchev–Trinajstić information content (AvgIpc) is 2.82. The van der Waals surface area contributed by atoms with Crippen molar-refractivity contribution in [2.45, 2.75) is 57.5 Å². The fourth-order valence-corrected chi connectivity index (χ4v) is 4.61. The SMILES string of the molecule is CCCCCC[C@@](O)(c1ccc(OCC)cc1)[C@H](CN1CCOCC1)c1ccccc1. The second-order valence-electron chi connectivity index (χ2n) is 8.57. The summed E-state index contributed by atoms with van der Waals surface area (Å²) < 4.78 is 11.2. The van der Waals surface area contributed by atoms with Crippen molar-refractivity contribution >= 4 is 0 Å². The van der Waals surface area contributed by atoms with Crippen LogP contribution >= 0.6 is 0 Å². The summed E-state index contributed by atoms with van der Waals surface area (Å²) in [4.78, 5) is 2.44. The van der Waals surface area contributed by atoms with Crippen LogP contribution in [0.5, 0.6) is 5.75 Å². The summed E-state index contributed by atoms with van der Waals surface area (Å²) >= 11 is 0. The van der Waals surface area contributed by atoms with Crippen LogP contribution in [0.1, 0.15) is 63.0 Å². The number of morpholine rings is 1. The summed E-state index contributed by atoms with van der Waals surface area (Å²) in [6.07, 6.45) is 5.32. The largest absolute Gasteiger partial charge is 0.494 e. The van der Waals surface area contributed by atoms with Crippen molar-refractivity contribution in [3.63, 3.8) is 0 Å². The third-order valence-electron chi connectivity index (χ3n) is 6.40. The lowest BCUT2D eigenvalue weighted by Gasteiger charge is -2.41. The van der Waals surface area contributed by atoms with Crippen molar-refractivity contribution in [2.24, 2.45) is 0 Å². The van der Waals surface area contributed by atoms with Gasteiger partial charge >= 0.3 is 0 Å². The highest BCUT2D eigenvalue weighted by atomic mass is 16.5. The maximum absolute atomic E-state index is 12.3. The van der Waals surface area contributed by atoms with Crippen LogP contribution in [-0.2, 0) is 10.3 Å². The van der Waals surface area contributed by atoms with Crippen molar-refractivity contribution in [3.8, 4) is 5.75 Å². The highest BCUT2D eigenvalue weighted by molar-refractivity contribution is 5.35. The van der Waals surface area contributed by atoms with Gasteiger partial charge in [0, 0.05) is 25.6 Å². The van der Waals surface area contributed by atoms with Gasteiger partial charge in [0.15, 0.2) is 0 Å². The zero-order valence-electron chi connectivity index (χ0n) is 19.3. The first-order chi connectivity index (χ1) is 15.2. The van der Waals surface area contributed by atoms with E-state index in [0.717, 1.165) is 63.4 Å². The van der Waals surface area contributed by atoms with E-state index in [1.165, 1.54) is 18.4 Å². The van der Waals surface area contributed by atoms with Gasteiger partial charge in [-0.15, -0.1) is 0 Å². The van der Waals surface area contributed by atoms with Gasteiger partial charge < -0.3 is 14.6 Å². The molecule has 4 heteroatoms. The fraction of sp³-hybridized carbons (Fsp3) is 0.556. The monoisotopic (exact) mass is 425 g/mol. The highest BCUT2D eigenvalue weighted by Crippen LogP contribution is 2.42.